The highest BCUT2D eigenvalue weighted by molar-refractivity contribution is 5.01. The molecule has 0 bridgehead atoms. The Hall–Kier alpha value is -0.320. The van der Waals surface area contributed by atoms with E-state index >= 15 is 0 Å². The van der Waals surface area contributed by atoms with Gasteiger partial charge in [0.2, 0.25) is 0 Å². The summed E-state index contributed by atoms with van der Waals surface area (Å²) in [5.41, 5.74) is 1.40. The molecule has 2 saturated carbocycles. The number of piperazine rings is 2. The van der Waals surface area contributed by atoms with Crippen molar-refractivity contribution < 1.29 is 0 Å². The third kappa shape index (κ3) is 10.8. The monoisotopic (exact) mass is 781 g/mol. The highest BCUT2D eigenvalue weighted by Gasteiger charge is 2.47. The van der Waals surface area contributed by atoms with Crippen molar-refractivity contribution >= 4 is 0 Å². The zero-order valence-electron chi connectivity index (χ0n) is 38.4. The van der Waals surface area contributed by atoms with Crippen molar-refractivity contribution in [2.75, 3.05) is 105 Å². The smallest absolute Gasteiger partial charge is 0.0121 e. The molecular formula is C48H92N8. The highest BCUT2D eigenvalue weighted by atomic mass is 15.3. The van der Waals surface area contributed by atoms with E-state index in [4.69, 9.17) is 0 Å². The molecule has 8 fully saturated rings. The van der Waals surface area contributed by atoms with Crippen LogP contribution < -0.4 is 0 Å². The second-order valence-electron chi connectivity index (χ2n) is 22.0. The second-order valence-corrected chi connectivity index (χ2v) is 22.0. The Balaban J connectivity index is 0.000000172. The Morgan fingerprint density at radius 2 is 0.554 bits per heavy atom. The van der Waals surface area contributed by atoms with Crippen LogP contribution in [0.2, 0.25) is 0 Å². The number of rotatable bonds is 8. The summed E-state index contributed by atoms with van der Waals surface area (Å²) >= 11 is 0. The molecule has 0 aromatic rings. The molecule has 0 unspecified atom stereocenters. The Morgan fingerprint density at radius 3 is 0.857 bits per heavy atom. The third-order valence-electron chi connectivity index (χ3n) is 17.6. The topological polar surface area (TPSA) is 25.9 Å². The van der Waals surface area contributed by atoms with Gasteiger partial charge in [-0.15, -0.1) is 0 Å². The molecule has 0 atom stereocenters. The summed E-state index contributed by atoms with van der Waals surface area (Å²) in [6.07, 6.45) is 20.3. The van der Waals surface area contributed by atoms with Crippen LogP contribution in [0.25, 0.3) is 0 Å². The van der Waals surface area contributed by atoms with Crippen molar-refractivity contribution in [1.29, 1.82) is 0 Å². The van der Waals surface area contributed by atoms with Crippen LogP contribution in [-0.2, 0) is 0 Å². The predicted molar refractivity (Wildman–Crippen MR) is 238 cm³/mol. The minimum atomic E-state index is 0.701. The van der Waals surface area contributed by atoms with Gasteiger partial charge in [0.15, 0.2) is 0 Å². The summed E-state index contributed by atoms with van der Waals surface area (Å²) < 4.78 is 0. The minimum Gasteiger partial charge on any atom is -0.301 e. The molecule has 6 aliphatic heterocycles. The third-order valence-corrected chi connectivity index (χ3v) is 17.6. The van der Waals surface area contributed by atoms with Crippen LogP contribution >= 0.6 is 0 Å². The normalized spacial score (nSPS) is 31.2. The lowest BCUT2D eigenvalue weighted by Crippen LogP contribution is -2.61. The fourth-order valence-electron chi connectivity index (χ4n) is 13.1. The van der Waals surface area contributed by atoms with Gasteiger partial charge in [0.05, 0.1) is 0 Å². The summed E-state index contributed by atoms with van der Waals surface area (Å²) in [7, 11) is 0. The molecule has 2 aliphatic carbocycles. The molecule has 56 heavy (non-hydrogen) atoms. The van der Waals surface area contributed by atoms with E-state index in [-0.39, 0.29) is 0 Å². The maximum absolute atomic E-state index is 2.87. The Labute approximate surface area is 347 Å². The molecule has 0 radical (unpaired) electrons. The van der Waals surface area contributed by atoms with Gasteiger partial charge in [-0.3, -0.25) is 24.5 Å². The van der Waals surface area contributed by atoms with E-state index < -0.39 is 0 Å². The molecule has 324 valence electrons. The summed E-state index contributed by atoms with van der Waals surface area (Å²) in [5, 5.41) is 0. The van der Waals surface area contributed by atoms with Crippen LogP contribution in [0.15, 0.2) is 0 Å². The molecule has 0 N–H and O–H groups in total. The molecular weight excluding hydrogens is 689 g/mol. The maximum atomic E-state index is 2.87. The van der Waals surface area contributed by atoms with Crippen molar-refractivity contribution in [2.45, 2.75) is 194 Å². The molecule has 0 aromatic carbocycles. The lowest BCUT2D eigenvalue weighted by molar-refractivity contribution is -0.0656. The van der Waals surface area contributed by atoms with Crippen LogP contribution in [-0.4, -0.2) is 192 Å². The Bertz CT molecular complexity index is 1120. The summed E-state index contributed by atoms with van der Waals surface area (Å²) in [6.45, 7) is 40.0. The van der Waals surface area contributed by atoms with Crippen molar-refractivity contribution in [3.63, 3.8) is 0 Å². The van der Waals surface area contributed by atoms with Crippen molar-refractivity contribution in [2.24, 2.45) is 10.8 Å². The van der Waals surface area contributed by atoms with Gasteiger partial charge in [-0.25, -0.2) is 0 Å². The lowest BCUT2D eigenvalue weighted by Gasteiger charge is -2.56. The fraction of sp³-hybridized carbons (Fsp3) is 1.00. The molecule has 6 saturated heterocycles. The molecule has 0 amide bonds. The van der Waals surface area contributed by atoms with Gasteiger partial charge in [-0.2, -0.15) is 0 Å². The first-order valence-electron chi connectivity index (χ1n) is 24.8. The molecule has 8 rings (SSSR count). The Morgan fingerprint density at radius 1 is 0.286 bits per heavy atom. The van der Waals surface area contributed by atoms with Gasteiger partial charge in [0.25, 0.3) is 0 Å². The van der Waals surface area contributed by atoms with E-state index in [2.05, 4.69) is 94.6 Å². The molecule has 2 spiro atoms. The van der Waals surface area contributed by atoms with Crippen LogP contribution in [0.4, 0.5) is 0 Å². The minimum absolute atomic E-state index is 0.701. The van der Waals surface area contributed by atoms with Crippen LogP contribution in [0.3, 0.4) is 0 Å². The van der Waals surface area contributed by atoms with E-state index in [9.17, 15) is 0 Å². The zero-order valence-corrected chi connectivity index (χ0v) is 38.4. The molecule has 8 heteroatoms. The van der Waals surface area contributed by atoms with Crippen LogP contribution in [0, 0.1) is 10.8 Å². The maximum Gasteiger partial charge on any atom is 0.0121 e. The average molecular weight is 781 g/mol. The zero-order chi connectivity index (χ0) is 39.5. The van der Waals surface area contributed by atoms with Crippen molar-refractivity contribution in [3.8, 4) is 0 Å². The standard InChI is InChI=1S/C25H48N4.C23H44N4/c1-21(2)26-13-7-24(8-14-26)29-19-17-28(18-20-29)23-5-9-25(10-6-23)11-15-27(16-12-25)22(3)4;1-19(2)24-11-7-22(8-12-24)26-15-13-25(14-16-26)21-5-9-23(10-6-21)17-27(18-23)20(3)4/h21-24H,5-20H2,1-4H3;19-22H,5-18H2,1-4H3. The largest absolute Gasteiger partial charge is 0.301 e. The van der Waals surface area contributed by atoms with Gasteiger partial charge >= 0.3 is 0 Å². The predicted octanol–water partition coefficient (Wildman–Crippen LogP) is 7.04. The first kappa shape index (κ1) is 43.8. The molecule has 6 heterocycles. The number of piperidine rings is 3. The molecule has 8 aliphatic rings. The van der Waals surface area contributed by atoms with E-state index in [0.717, 1.165) is 48.3 Å². The number of likely N-dealkylation sites (tertiary alicyclic amines) is 4. The lowest BCUT2D eigenvalue weighted by atomic mass is 9.66. The van der Waals surface area contributed by atoms with Crippen molar-refractivity contribution in [1.82, 2.24) is 39.2 Å². The number of hydrogen-bond acceptors (Lipinski definition) is 8. The SMILES string of the molecule is CC(C)N1CCC(N2CCN(C3CCC4(CC3)CCN(C(C)C)CC4)CC2)CC1.CC(C)N1CCC(N2CCN(C3CCC4(CC3)CN(C(C)C)C4)CC2)CC1. The number of hydrogen-bond donors (Lipinski definition) is 0. The molecule has 0 aromatic heterocycles. The van der Waals surface area contributed by atoms with Gasteiger partial charge in [0, 0.05) is 114 Å². The summed E-state index contributed by atoms with van der Waals surface area (Å²) in [5.74, 6) is 0. The van der Waals surface area contributed by atoms with E-state index in [0.29, 0.717) is 10.8 Å². The molecule has 8 nitrogen and oxygen atoms in total. The van der Waals surface area contributed by atoms with Crippen LogP contribution in [0.1, 0.15) is 145 Å². The average Bonchev–Trinajstić information content (AvgIpc) is 3.21. The van der Waals surface area contributed by atoms with Crippen molar-refractivity contribution in [3.05, 3.63) is 0 Å². The summed E-state index contributed by atoms with van der Waals surface area (Å²) in [6, 6.07) is 6.40. The van der Waals surface area contributed by atoms with Gasteiger partial charge < -0.3 is 14.7 Å². The first-order chi connectivity index (χ1) is 26.9. The van der Waals surface area contributed by atoms with E-state index in [1.807, 2.05) is 0 Å². The van der Waals surface area contributed by atoms with Gasteiger partial charge in [0.1, 0.15) is 0 Å². The van der Waals surface area contributed by atoms with Gasteiger partial charge in [-0.05, 0) is 195 Å². The van der Waals surface area contributed by atoms with E-state index in [1.54, 1.807) is 0 Å². The fourth-order valence-corrected chi connectivity index (χ4v) is 13.1. The van der Waals surface area contributed by atoms with Crippen LogP contribution in [0.5, 0.6) is 0 Å². The quantitative estimate of drug-likeness (QED) is 0.259. The Kier molecular flexibility index (Phi) is 15.3. The second kappa shape index (κ2) is 19.6. The number of nitrogens with zero attached hydrogens (tertiary/aromatic N) is 8. The van der Waals surface area contributed by atoms with E-state index in [1.165, 1.54) is 195 Å². The highest BCUT2D eigenvalue weighted by Crippen LogP contribution is 2.47. The first-order valence-corrected chi connectivity index (χ1v) is 24.8. The van der Waals surface area contributed by atoms with Gasteiger partial charge in [-0.1, -0.05) is 0 Å². The summed E-state index contributed by atoms with van der Waals surface area (Å²) in [4.78, 5) is 22.1.